The van der Waals surface area contributed by atoms with E-state index < -0.39 is 0 Å². The molecule has 1 fully saturated rings. The Morgan fingerprint density at radius 3 is 2.83 bits per heavy atom. The van der Waals surface area contributed by atoms with Gasteiger partial charge in [0, 0.05) is 11.6 Å². The third-order valence-electron chi connectivity index (χ3n) is 1.87. The van der Waals surface area contributed by atoms with Gasteiger partial charge in [0.1, 0.15) is 5.15 Å². The van der Waals surface area contributed by atoms with Crippen molar-refractivity contribution in [2.75, 3.05) is 6.26 Å². The van der Waals surface area contributed by atoms with Crippen LogP contribution in [0.1, 0.15) is 24.5 Å². The number of thioether (sulfide) groups is 1. The highest BCUT2D eigenvalue weighted by atomic mass is 35.5. The van der Waals surface area contributed by atoms with Crippen molar-refractivity contribution in [2.24, 2.45) is 0 Å². The molecule has 0 spiro atoms. The number of halogens is 1. The molecule has 1 heterocycles. The molecule has 2 rings (SSSR count). The van der Waals surface area contributed by atoms with Crippen LogP contribution in [-0.4, -0.2) is 16.2 Å². The Kier molecular flexibility index (Phi) is 2.24. The molecule has 0 aromatic carbocycles. The van der Waals surface area contributed by atoms with Crippen molar-refractivity contribution >= 4 is 23.4 Å². The third kappa shape index (κ3) is 1.72. The van der Waals surface area contributed by atoms with E-state index in [0.29, 0.717) is 11.1 Å². The maximum Gasteiger partial charge on any atom is 0.188 e. The molecule has 0 aliphatic heterocycles. The second-order valence-electron chi connectivity index (χ2n) is 2.88. The first-order valence-electron chi connectivity index (χ1n) is 3.88. The third-order valence-corrected chi connectivity index (χ3v) is 2.61. The summed E-state index contributed by atoms with van der Waals surface area (Å²) in [5, 5.41) is 1.35. The highest BCUT2D eigenvalue weighted by molar-refractivity contribution is 7.98. The molecule has 0 atom stereocenters. The molecule has 0 amide bonds. The highest BCUT2D eigenvalue weighted by Gasteiger charge is 2.25. The molecule has 1 aromatic heterocycles. The molecule has 0 saturated heterocycles. The molecule has 1 aromatic rings. The number of nitrogens with zero attached hydrogens (tertiary/aromatic N) is 2. The lowest BCUT2D eigenvalue weighted by atomic mass is 10.3. The molecule has 1 saturated carbocycles. The van der Waals surface area contributed by atoms with Crippen molar-refractivity contribution in [3.05, 3.63) is 16.9 Å². The van der Waals surface area contributed by atoms with Gasteiger partial charge in [0.2, 0.25) is 0 Å². The monoisotopic (exact) mass is 200 g/mol. The zero-order chi connectivity index (χ0) is 8.55. The SMILES string of the molecule is CSc1nc(Cl)cc(C2CC2)n1. The molecule has 64 valence electrons. The van der Waals surface area contributed by atoms with Gasteiger partial charge in [0.25, 0.3) is 0 Å². The summed E-state index contributed by atoms with van der Waals surface area (Å²) >= 11 is 7.37. The van der Waals surface area contributed by atoms with E-state index in [-0.39, 0.29) is 0 Å². The number of aromatic nitrogens is 2. The van der Waals surface area contributed by atoms with Gasteiger partial charge >= 0.3 is 0 Å². The van der Waals surface area contributed by atoms with Crippen molar-refractivity contribution in [2.45, 2.75) is 23.9 Å². The normalized spacial score (nSPS) is 16.5. The number of hydrogen-bond acceptors (Lipinski definition) is 3. The number of rotatable bonds is 2. The van der Waals surface area contributed by atoms with Gasteiger partial charge in [0.05, 0.1) is 0 Å². The van der Waals surface area contributed by atoms with E-state index in [9.17, 15) is 0 Å². The first-order valence-corrected chi connectivity index (χ1v) is 5.48. The summed E-state index contributed by atoms with van der Waals surface area (Å²) in [5.41, 5.74) is 1.11. The molecule has 2 nitrogen and oxygen atoms in total. The van der Waals surface area contributed by atoms with E-state index in [1.165, 1.54) is 24.6 Å². The summed E-state index contributed by atoms with van der Waals surface area (Å²) in [6.45, 7) is 0. The maximum absolute atomic E-state index is 5.84. The summed E-state index contributed by atoms with van der Waals surface area (Å²) in [6, 6.07) is 1.87. The molecule has 12 heavy (non-hydrogen) atoms. The largest absolute Gasteiger partial charge is 0.227 e. The van der Waals surface area contributed by atoms with Gasteiger partial charge in [-0.05, 0) is 25.2 Å². The van der Waals surface area contributed by atoms with Crippen molar-refractivity contribution in [1.82, 2.24) is 9.97 Å². The zero-order valence-corrected chi connectivity index (χ0v) is 8.32. The highest BCUT2D eigenvalue weighted by Crippen LogP contribution is 2.39. The van der Waals surface area contributed by atoms with Crippen molar-refractivity contribution < 1.29 is 0 Å². The molecule has 0 radical (unpaired) electrons. The second kappa shape index (κ2) is 3.23. The van der Waals surface area contributed by atoms with Gasteiger partial charge in [-0.25, -0.2) is 9.97 Å². The van der Waals surface area contributed by atoms with E-state index in [0.717, 1.165) is 10.9 Å². The Bertz CT molecular complexity index is 299. The van der Waals surface area contributed by atoms with Crippen LogP contribution in [0.15, 0.2) is 11.2 Å². The standard InChI is InChI=1S/C8H9ClN2S/c1-12-8-10-6(5-2-3-5)4-7(9)11-8/h4-5H,2-3H2,1H3. The van der Waals surface area contributed by atoms with E-state index >= 15 is 0 Å². The topological polar surface area (TPSA) is 25.8 Å². The first-order chi connectivity index (χ1) is 5.79. The Labute approximate surface area is 80.8 Å². The molecule has 0 bridgehead atoms. The smallest absolute Gasteiger partial charge is 0.188 e. The van der Waals surface area contributed by atoms with Gasteiger partial charge in [-0.15, -0.1) is 0 Å². The fourth-order valence-corrected chi connectivity index (χ4v) is 1.72. The van der Waals surface area contributed by atoms with Crippen LogP contribution in [0.5, 0.6) is 0 Å². The minimum atomic E-state index is 0.566. The quantitative estimate of drug-likeness (QED) is 0.417. The van der Waals surface area contributed by atoms with Gasteiger partial charge in [-0.3, -0.25) is 0 Å². The van der Waals surface area contributed by atoms with Gasteiger partial charge < -0.3 is 0 Å². The van der Waals surface area contributed by atoms with Gasteiger partial charge in [-0.1, -0.05) is 23.4 Å². The summed E-state index contributed by atoms with van der Waals surface area (Å²) in [7, 11) is 0. The number of hydrogen-bond donors (Lipinski definition) is 0. The average molecular weight is 201 g/mol. The Hall–Kier alpha value is -0.280. The van der Waals surface area contributed by atoms with Crippen LogP contribution in [0, 0.1) is 0 Å². The molecule has 4 heteroatoms. The molecular weight excluding hydrogens is 192 g/mol. The van der Waals surface area contributed by atoms with E-state index in [2.05, 4.69) is 9.97 Å². The summed E-state index contributed by atoms with van der Waals surface area (Å²) in [5.74, 6) is 0.649. The second-order valence-corrected chi connectivity index (χ2v) is 4.04. The predicted molar refractivity (Wildman–Crippen MR) is 50.8 cm³/mol. The summed E-state index contributed by atoms with van der Waals surface area (Å²) < 4.78 is 0. The van der Waals surface area contributed by atoms with E-state index in [1.807, 2.05) is 12.3 Å². The first kappa shape index (κ1) is 8.32. The van der Waals surface area contributed by atoms with Crippen molar-refractivity contribution in [3.63, 3.8) is 0 Å². The molecule has 1 aliphatic rings. The van der Waals surface area contributed by atoms with Crippen LogP contribution in [-0.2, 0) is 0 Å². The fraction of sp³-hybridized carbons (Fsp3) is 0.500. The molecular formula is C8H9ClN2S. The molecule has 0 unspecified atom stereocenters. The minimum absolute atomic E-state index is 0.566. The maximum atomic E-state index is 5.84. The van der Waals surface area contributed by atoms with Crippen LogP contribution < -0.4 is 0 Å². The van der Waals surface area contributed by atoms with Crippen LogP contribution in [0.2, 0.25) is 5.15 Å². The van der Waals surface area contributed by atoms with Crippen molar-refractivity contribution in [1.29, 1.82) is 0 Å². The van der Waals surface area contributed by atoms with Crippen LogP contribution >= 0.6 is 23.4 Å². The minimum Gasteiger partial charge on any atom is -0.227 e. The lowest BCUT2D eigenvalue weighted by Crippen LogP contribution is -1.92. The summed E-state index contributed by atoms with van der Waals surface area (Å²) in [4.78, 5) is 8.46. The van der Waals surface area contributed by atoms with E-state index in [1.54, 1.807) is 0 Å². The molecule has 0 N–H and O–H groups in total. The average Bonchev–Trinajstić information content (AvgIpc) is 2.85. The molecule has 1 aliphatic carbocycles. The van der Waals surface area contributed by atoms with Gasteiger partial charge in [-0.2, -0.15) is 0 Å². The van der Waals surface area contributed by atoms with Crippen LogP contribution in [0.25, 0.3) is 0 Å². The Balaban J connectivity index is 2.34. The lowest BCUT2D eigenvalue weighted by molar-refractivity contribution is 0.885. The van der Waals surface area contributed by atoms with E-state index in [4.69, 9.17) is 11.6 Å². The Morgan fingerprint density at radius 1 is 1.50 bits per heavy atom. The van der Waals surface area contributed by atoms with Crippen molar-refractivity contribution in [3.8, 4) is 0 Å². The van der Waals surface area contributed by atoms with Crippen LogP contribution in [0.3, 0.4) is 0 Å². The predicted octanol–water partition coefficient (Wildman–Crippen LogP) is 2.73. The Morgan fingerprint density at radius 2 is 2.25 bits per heavy atom. The lowest BCUT2D eigenvalue weighted by Gasteiger charge is -2.00. The van der Waals surface area contributed by atoms with Crippen LogP contribution in [0.4, 0.5) is 0 Å². The van der Waals surface area contributed by atoms with Gasteiger partial charge in [0.15, 0.2) is 5.16 Å². The zero-order valence-electron chi connectivity index (χ0n) is 6.75. The summed E-state index contributed by atoms with van der Waals surface area (Å²) in [6.07, 6.45) is 4.46. The fourth-order valence-electron chi connectivity index (χ4n) is 1.09.